The van der Waals surface area contributed by atoms with E-state index in [-0.39, 0.29) is 66.1 Å². The van der Waals surface area contributed by atoms with Crippen molar-refractivity contribution >= 4 is 22.1 Å². The molecule has 0 fully saturated rings. The van der Waals surface area contributed by atoms with Crippen LogP contribution in [0.4, 0.5) is 0 Å². The number of rotatable bonds is 4. The summed E-state index contributed by atoms with van der Waals surface area (Å²) in [6, 6.07) is 23.2. The Morgan fingerprint density at radius 1 is 0.529 bits per heavy atom. The van der Waals surface area contributed by atoms with Gasteiger partial charge < -0.3 is 46.4 Å². The molecular formula is C25H25Cl3CoN5. The van der Waals surface area contributed by atoms with Gasteiger partial charge in [-0.05, 0) is 64.1 Å². The van der Waals surface area contributed by atoms with Gasteiger partial charge in [0.15, 0.2) is 11.6 Å². The number of para-hydroxylation sites is 4. The fraction of sp³-hybridized carbons (Fsp3) is 0.240. The van der Waals surface area contributed by atoms with E-state index in [2.05, 4.69) is 73.2 Å². The molecule has 5 aromatic rings. The summed E-state index contributed by atoms with van der Waals surface area (Å²) in [4.78, 5) is 14.8. The maximum Gasteiger partial charge on any atom is 3.00 e. The van der Waals surface area contributed by atoms with E-state index in [1.165, 1.54) is 0 Å². The van der Waals surface area contributed by atoms with Gasteiger partial charge >= 0.3 is 16.8 Å². The number of aromatic nitrogens is 5. The second-order valence-corrected chi connectivity index (χ2v) is 8.18. The van der Waals surface area contributed by atoms with Gasteiger partial charge in [0.25, 0.3) is 0 Å². The molecule has 0 saturated carbocycles. The third kappa shape index (κ3) is 5.11. The van der Waals surface area contributed by atoms with Gasteiger partial charge in [0, 0.05) is 12.1 Å². The Bertz CT molecular complexity index is 1280. The summed E-state index contributed by atoms with van der Waals surface area (Å²) >= 11 is 0. The van der Waals surface area contributed by atoms with Crippen molar-refractivity contribution in [3.8, 4) is 23.0 Å². The van der Waals surface area contributed by atoms with Crippen LogP contribution < -0.4 is 37.2 Å². The van der Waals surface area contributed by atoms with Crippen LogP contribution in [0.3, 0.4) is 0 Å². The van der Waals surface area contributed by atoms with E-state index in [9.17, 15) is 0 Å². The molecule has 0 bridgehead atoms. The first-order valence-electron chi connectivity index (χ1n) is 10.5. The van der Waals surface area contributed by atoms with Gasteiger partial charge in [0.1, 0.15) is 11.4 Å². The maximum atomic E-state index is 5.02. The van der Waals surface area contributed by atoms with Crippen molar-refractivity contribution in [1.82, 2.24) is 24.1 Å². The molecule has 0 N–H and O–H groups in total. The molecule has 0 spiro atoms. The molecule has 0 aliphatic rings. The number of nitrogens with zero attached hydrogens (tertiary/aromatic N) is 5. The second kappa shape index (κ2) is 12.0. The van der Waals surface area contributed by atoms with Gasteiger partial charge in [-0.2, -0.15) is 0 Å². The van der Waals surface area contributed by atoms with Crippen LogP contribution in [0.25, 0.3) is 45.1 Å². The van der Waals surface area contributed by atoms with Crippen LogP contribution >= 0.6 is 0 Å². The zero-order valence-electron chi connectivity index (χ0n) is 19.2. The molecule has 0 aliphatic heterocycles. The molecule has 5 nitrogen and oxygen atoms in total. The standard InChI is InChI=1S/C25H25N5.3ClH.Co/c1-16(2)29-22-14-7-5-10-18(22)27-24(29)20-12-9-13-21(26-20)25-28-19-11-6-8-15-23(19)30(25)17(3)4;;;;/h5-17H,1-4H3;3*1H;/q;;;;+3/p-3. The topological polar surface area (TPSA) is 48.5 Å². The van der Waals surface area contributed by atoms with Crippen molar-refractivity contribution in [3.05, 3.63) is 66.7 Å². The largest absolute Gasteiger partial charge is 3.00 e. The first kappa shape index (κ1) is 29.9. The summed E-state index contributed by atoms with van der Waals surface area (Å²) in [7, 11) is 0. The number of halogens is 3. The summed E-state index contributed by atoms with van der Waals surface area (Å²) < 4.78 is 4.51. The van der Waals surface area contributed by atoms with E-state index < -0.39 is 0 Å². The number of pyridine rings is 1. The Morgan fingerprint density at radius 2 is 0.912 bits per heavy atom. The molecule has 0 atom stereocenters. The molecule has 34 heavy (non-hydrogen) atoms. The Hall–Kier alpha value is -2.09. The molecule has 0 amide bonds. The average Bonchev–Trinajstić information content (AvgIpc) is 3.33. The second-order valence-electron chi connectivity index (χ2n) is 8.18. The summed E-state index contributed by atoms with van der Waals surface area (Å²) in [5.41, 5.74) is 5.96. The van der Waals surface area contributed by atoms with Crippen molar-refractivity contribution < 1.29 is 54.0 Å². The molecule has 3 heterocycles. The van der Waals surface area contributed by atoms with Gasteiger partial charge in [-0.15, -0.1) is 0 Å². The number of imidazole rings is 2. The van der Waals surface area contributed by atoms with Crippen LogP contribution in [0, 0.1) is 0 Å². The molecule has 0 aliphatic carbocycles. The van der Waals surface area contributed by atoms with Gasteiger partial charge in [-0.1, -0.05) is 30.3 Å². The molecular weight excluding hydrogens is 536 g/mol. The van der Waals surface area contributed by atoms with E-state index in [4.69, 9.17) is 15.0 Å². The summed E-state index contributed by atoms with van der Waals surface area (Å²) in [6.07, 6.45) is 0. The van der Waals surface area contributed by atoms with E-state index in [1.54, 1.807) is 0 Å². The van der Waals surface area contributed by atoms with Crippen LogP contribution in [-0.4, -0.2) is 24.1 Å². The zero-order valence-corrected chi connectivity index (χ0v) is 22.5. The Morgan fingerprint density at radius 3 is 1.29 bits per heavy atom. The fourth-order valence-corrected chi connectivity index (χ4v) is 4.18. The van der Waals surface area contributed by atoms with Crippen molar-refractivity contribution in [3.63, 3.8) is 0 Å². The predicted octanol–water partition coefficient (Wildman–Crippen LogP) is -2.71. The first-order chi connectivity index (χ1) is 14.5. The average molecular weight is 561 g/mol. The van der Waals surface area contributed by atoms with E-state index in [1.807, 2.05) is 30.3 Å². The third-order valence-corrected chi connectivity index (χ3v) is 5.43. The van der Waals surface area contributed by atoms with Crippen LogP contribution in [-0.2, 0) is 16.8 Å². The molecule has 180 valence electrons. The quantitative estimate of drug-likeness (QED) is 0.240. The zero-order chi connectivity index (χ0) is 20.8. The summed E-state index contributed by atoms with van der Waals surface area (Å²) in [6.45, 7) is 8.72. The Balaban J connectivity index is 0.00000144. The summed E-state index contributed by atoms with van der Waals surface area (Å²) in [5, 5.41) is 0. The smallest absolute Gasteiger partial charge is 1.00 e. The number of benzene rings is 2. The molecule has 5 rings (SSSR count). The monoisotopic (exact) mass is 559 g/mol. The molecule has 3 aromatic heterocycles. The van der Waals surface area contributed by atoms with Crippen molar-refractivity contribution in [2.75, 3.05) is 0 Å². The van der Waals surface area contributed by atoms with E-state index >= 15 is 0 Å². The van der Waals surface area contributed by atoms with Crippen LogP contribution in [0.2, 0.25) is 0 Å². The van der Waals surface area contributed by atoms with Gasteiger partial charge in [-0.25, -0.2) is 15.0 Å². The number of hydrogen-bond acceptors (Lipinski definition) is 3. The fourth-order valence-electron chi connectivity index (χ4n) is 4.18. The van der Waals surface area contributed by atoms with Crippen LogP contribution in [0.5, 0.6) is 0 Å². The molecule has 0 unspecified atom stereocenters. The van der Waals surface area contributed by atoms with Crippen LogP contribution in [0.1, 0.15) is 39.8 Å². The predicted molar refractivity (Wildman–Crippen MR) is 122 cm³/mol. The minimum Gasteiger partial charge on any atom is -1.00 e. The number of fused-ring (bicyclic) bond motifs is 2. The molecule has 0 radical (unpaired) electrons. The van der Waals surface area contributed by atoms with Gasteiger partial charge in [0.05, 0.1) is 22.1 Å². The molecule has 0 saturated heterocycles. The minimum atomic E-state index is 0. The van der Waals surface area contributed by atoms with E-state index in [0.29, 0.717) is 0 Å². The Labute approximate surface area is 228 Å². The van der Waals surface area contributed by atoms with Crippen molar-refractivity contribution in [1.29, 1.82) is 0 Å². The SMILES string of the molecule is CC(C)n1c(-c2cccc(-c3nc4ccccc4n3C(C)C)n2)nc2ccccc21.[Cl-].[Cl-].[Cl-].[Co+3]. The van der Waals surface area contributed by atoms with Gasteiger partial charge in [-0.3, -0.25) is 0 Å². The van der Waals surface area contributed by atoms with Crippen molar-refractivity contribution in [2.45, 2.75) is 39.8 Å². The Kier molecular flexibility index (Phi) is 10.6. The first-order valence-corrected chi connectivity index (χ1v) is 10.5. The van der Waals surface area contributed by atoms with Crippen LogP contribution in [0.15, 0.2) is 66.7 Å². The van der Waals surface area contributed by atoms with Crippen molar-refractivity contribution in [2.24, 2.45) is 0 Å². The molecule has 9 heteroatoms. The summed E-state index contributed by atoms with van der Waals surface area (Å²) in [5.74, 6) is 1.78. The minimum absolute atomic E-state index is 0. The number of hydrogen-bond donors (Lipinski definition) is 0. The van der Waals surface area contributed by atoms with Gasteiger partial charge in [0.2, 0.25) is 0 Å². The third-order valence-electron chi connectivity index (χ3n) is 5.43. The normalized spacial score (nSPS) is 10.5. The maximum absolute atomic E-state index is 5.02. The van der Waals surface area contributed by atoms with E-state index in [0.717, 1.165) is 45.1 Å². The molecule has 2 aromatic carbocycles.